The molecule has 2 aromatic carbocycles. The Balaban J connectivity index is 1.60. The number of ether oxygens (including phenoxy) is 2. The van der Waals surface area contributed by atoms with E-state index in [4.69, 9.17) is 21.1 Å². The Bertz CT molecular complexity index is 1130. The number of nitrogens with zero attached hydrogens (tertiary/aromatic N) is 2. The Morgan fingerprint density at radius 3 is 2.44 bits per heavy atom. The summed E-state index contributed by atoms with van der Waals surface area (Å²) in [4.78, 5) is 3.53. The summed E-state index contributed by atoms with van der Waals surface area (Å²) in [6.07, 6.45) is 0. The Kier molecular flexibility index (Phi) is 7.37. The molecule has 3 aromatic rings. The second-order valence-electron chi connectivity index (χ2n) is 7.47. The first kappa shape index (κ1) is 23.1. The molecule has 4 rings (SSSR count). The van der Waals surface area contributed by atoms with Crippen molar-refractivity contribution in [2.75, 3.05) is 37.7 Å². The number of benzene rings is 2. The molecule has 0 atom stereocenters. The summed E-state index contributed by atoms with van der Waals surface area (Å²) >= 11 is 7.62. The van der Waals surface area contributed by atoms with E-state index in [1.807, 2.05) is 0 Å². The van der Waals surface area contributed by atoms with Gasteiger partial charge in [-0.1, -0.05) is 11.6 Å². The van der Waals surface area contributed by atoms with Crippen molar-refractivity contribution in [2.24, 2.45) is 0 Å². The van der Waals surface area contributed by atoms with Crippen molar-refractivity contribution in [1.29, 1.82) is 0 Å². The van der Waals surface area contributed by atoms with Crippen molar-refractivity contribution < 1.29 is 17.9 Å². The molecule has 0 unspecified atom stereocenters. The van der Waals surface area contributed by atoms with E-state index < -0.39 is 10.0 Å². The highest BCUT2D eigenvalue weighted by molar-refractivity contribution is 7.92. The Labute approximate surface area is 198 Å². The van der Waals surface area contributed by atoms with Crippen LogP contribution >= 0.6 is 22.9 Å². The molecule has 6 nitrogen and oxygen atoms in total. The van der Waals surface area contributed by atoms with Crippen LogP contribution in [0.3, 0.4) is 0 Å². The number of morpholine rings is 1. The number of hydrogen-bond donors (Lipinski definition) is 0. The lowest BCUT2D eigenvalue weighted by atomic mass is 10.2. The van der Waals surface area contributed by atoms with E-state index in [0.29, 0.717) is 16.5 Å². The van der Waals surface area contributed by atoms with Crippen molar-refractivity contribution in [2.45, 2.75) is 18.0 Å². The third-order valence-corrected chi connectivity index (χ3v) is 8.29. The number of hydrogen-bond acceptors (Lipinski definition) is 6. The van der Waals surface area contributed by atoms with Crippen molar-refractivity contribution in [3.63, 3.8) is 0 Å². The monoisotopic (exact) mass is 492 g/mol. The van der Waals surface area contributed by atoms with Crippen LogP contribution in [0.1, 0.15) is 10.4 Å². The van der Waals surface area contributed by atoms with E-state index >= 15 is 0 Å². The Morgan fingerprint density at radius 1 is 1.09 bits per heavy atom. The molecule has 0 radical (unpaired) electrons. The van der Waals surface area contributed by atoms with Crippen LogP contribution < -0.4 is 9.04 Å². The molecule has 0 amide bonds. The molecule has 1 aromatic heterocycles. The largest absolute Gasteiger partial charge is 0.497 e. The fourth-order valence-corrected chi connectivity index (χ4v) is 6.07. The lowest BCUT2D eigenvalue weighted by Gasteiger charge is -2.26. The number of anilines is 1. The van der Waals surface area contributed by atoms with E-state index in [1.54, 1.807) is 67.0 Å². The third kappa shape index (κ3) is 5.44. The van der Waals surface area contributed by atoms with Gasteiger partial charge in [0.1, 0.15) is 5.75 Å². The Morgan fingerprint density at radius 2 is 1.78 bits per heavy atom. The van der Waals surface area contributed by atoms with Crippen LogP contribution in [0.4, 0.5) is 5.69 Å². The minimum atomic E-state index is -3.79. The molecule has 0 aliphatic carbocycles. The van der Waals surface area contributed by atoms with Crippen molar-refractivity contribution in [3.05, 3.63) is 75.4 Å². The average molecular weight is 493 g/mol. The number of halogens is 1. The Hall–Kier alpha value is -2.10. The summed E-state index contributed by atoms with van der Waals surface area (Å²) in [6.45, 7) is 4.40. The minimum absolute atomic E-state index is 0.207. The van der Waals surface area contributed by atoms with Crippen LogP contribution in [0, 0.1) is 0 Å². The number of thiophene rings is 1. The van der Waals surface area contributed by atoms with Gasteiger partial charge in [-0.2, -0.15) is 0 Å². The summed E-state index contributed by atoms with van der Waals surface area (Å²) < 4.78 is 39.2. The predicted molar refractivity (Wildman–Crippen MR) is 128 cm³/mol. The smallest absolute Gasteiger partial charge is 0.264 e. The molecule has 0 spiro atoms. The maximum atomic E-state index is 13.6. The van der Waals surface area contributed by atoms with Gasteiger partial charge >= 0.3 is 0 Å². The highest BCUT2D eigenvalue weighted by Crippen LogP contribution is 2.30. The molecule has 170 valence electrons. The SMILES string of the molecule is COc1ccc(S(=O)(=O)N(Cc2cc(CN3CCOCC3)cs2)c2ccc(Cl)cc2)cc1. The van der Waals surface area contributed by atoms with Gasteiger partial charge in [0.15, 0.2) is 0 Å². The first-order chi connectivity index (χ1) is 15.5. The summed E-state index contributed by atoms with van der Waals surface area (Å²) in [7, 11) is -2.24. The molecule has 1 aliphatic rings. The van der Waals surface area contributed by atoms with Gasteiger partial charge in [-0.05, 0) is 65.5 Å². The first-order valence-electron chi connectivity index (χ1n) is 10.2. The van der Waals surface area contributed by atoms with Gasteiger partial charge in [-0.25, -0.2) is 8.42 Å². The van der Waals surface area contributed by atoms with E-state index in [9.17, 15) is 8.42 Å². The van der Waals surface area contributed by atoms with Crippen LogP contribution in [-0.4, -0.2) is 46.7 Å². The highest BCUT2D eigenvalue weighted by atomic mass is 35.5. The molecule has 0 bridgehead atoms. The summed E-state index contributed by atoms with van der Waals surface area (Å²) in [5.74, 6) is 0.605. The van der Waals surface area contributed by atoms with Gasteiger partial charge in [-0.15, -0.1) is 11.3 Å². The molecular weight excluding hydrogens is 468 g/mol. The fourth-order valence-electron chi connectivity index (χ4n) is 3.55. The molecule has 1 aliphatic heterocycles. The molecule has 0 N–H and O–H groups in total. The van der Waals surface area contributed by atoms with Crippen LogP contribution in [-0.2, 0) is 27.8 Å². The van der Waals surface area contributed by atoms with Crippen LogP contribution in [0.15, 0.2) is 64.9 Å². The minimum Gasteiger partial charge on any atom is -0.497 e. The molecule has 2 heterocycles. The summed E-state index contributed by atoms with van der Waals surface area (Å²) in [6, 6.07) is 15.4. The summed E-state index contributed by atoms with van der Waals surface area (Å²) in [5.41, 5.74) is 1.75. The second kappa shape index (κ2) is 10.2. The number of rotatable bonds is 8. The van der Waals surface area contributed by atoms with Crippen LogP contribution in [0.25, 0.3) is 0 Å². The zero-order valence-corrected chi connectivity index (χ0v) is 20.1. The summed E-state index contributed by atoms with van der Waals surface area (Å²) in [5, 5.41) is 2.66. The molecule has 0 saturated carbocycles. The van der Waals surface area contributed by atoms with Crippen molar-refractivity contribution in [1.82, 2.24) is 4.90 Å². The van der Waals surface area contributed by atoms with Crippen LogP contribution in [0.5, 0.6) is 5.75 Å². The lowest BCUT2D eigenvalue weighted by Crippen LogP contribution is -2.35. The second-order valence-corrected chi connectivity index (χ2v) is 10.8. The van der Waals surface area contributed by atoms with E-state index in [2.05, 4.69) is 16.3 Å². The molecule has 9 heteroatoms. The van der Waals surface area contributed by atoms with Crippen molar-refractivity contribution >= 4 is 38.6 Å². The van der Waals surface area contributed by atoms with Crippen molar-refractivity contribution in [3.8, 4) is 5.75 Å². The lowest BCUT2D eigenvalue weighted by molar-refractivity contribution is 0.0342. The zero-order valence-electron chi connectivity index (χ0n) is 17.7. The van der Waals surface area contributed by atoms with Gasteiger partial charge < -0.3 is 9.47 Å². The number of methoxy groups -OCH3 is 1. The van der Waals surface area contributed by atoms with Gasteiger partial charge in [0.25, 0.3) is 10.0 Å². The fraction of sp³-hybridized carbons (Fsp3) is 0.304. The van der Waals surface area contributed by atoms with E-state index in [-0.39, 0.29) is 11.4 Å². The van der Waals surface area contributed by atoms with E-state index in [1.165, 1.54) is 9.87 Å². The molecular formula is C23H25ClN2O4S2. The molecule has 32 heavy (non-hydrogen) atoms. The highest BCUT2D eigenvalue weighted by Gasteiger charge is 2.26. The zero-order chi connectivity index (χ0) is 22.6. The van der Waals surface area contributed by atoms with Gasteiger partial charge in [0.2, 0.25) is 0 Å². The molecule has 1 saturated heterocycles. The number of sulfonamides is 1. The average Bonchev–Trinajstić information content (AvgIpc) is 3.26. The quantitative estimate of drug-likeness (QED) is 0.458. The van der Waals surface area contributed by atoms with Crippen LogP contribution in [0.2, 0.25) is 5.02 Å². The predicted octanol–water partition coefficient (Wildman–Crippen LogP) is 4.64. The standard InChI is InChI=1S/C23H25ClN2O4S2/c1-29-21-6-8-23(9-7-21)32(27,28)26(20-4-2-19(24)3-5-20)16-22-14-18(17-31-22)15-25-10-12-30-13-11-25/h2-9,14,17H,10-13,15-16H2,1H3. The van der Waals surface area contributed by atoms with E-state index in [0.717, 1.165) is 37.7 Å². The third-order valence-electron chi connectivity index (χ3n) is 5.28. The normalized spacial score (nSPS) is 14.9. The van der Waals surface area contributed by atoms with Gasteiger partial charge in [-0.3, -0.25) is 9.21 Å². The van der Waals surface area contributed by atoms with Gasteiger partial charge in [0.05, 0.1) is 37.5 Å². The topological polar surface area (TPSA) is 59.1 Å². The maximum Gasteiger partial charge on any atom is 0.264 e. The maximum absolute atomic E-state index is 13.6. The first-order valence-corrected chi connectivity index (χ1v) is 12.9. The molecule has 1 fully saturated rings. The van der Waals surface area contributed by atoms with Gasteiger partial charge in [0, 0.05) is 29.5 Å².